The van der Waals surface area contributed by atoms with Crippen LogP contribution in [0.2, 0.25) is 0 Å². The standard InChI is InChI=1S/C12H14N2O3/c1-4-16-11(15)7-17-12-10(6-13)8(2)5-9(3)14-12/h5H,4,7H2,1-3H3. The van der Waals surface area contributed by atoms with Crippen molar-refractivity contribution >= 4 is 5.97 Å². The average Bonchev–Trinajstić information content (AvgIpc) is 2.26. The van der Waals surface area contributed by atoms with Gasteiger partial charge in [-0.3, -0.25) is 0 Å². The lowest BCUT2D eigenvalue weighted by atomic mass is 10.1. The highest BCUT2D eigenvalue weighted by molar-refractivity contribution is 5.71. The predicted molar refractivity (Wildman–Crippen MR) is 60.6 cm³/mol. The lowest BCUT2D eigenvalue weighted by Crippen LogP contribution is -2.16. The van der Waals surface area contributed by atoms with Crippen LogP contribution in [0.1, 0.15) is 23.7 Å². The number of hydrogen-bond donors (Lipinski definition) is 0. The smallest absolute Gasteiger partial charge is 0.344 e. The molecule has 0 aliphatic rings. The van der Waals surface area contributed by atoms with Gasteiger partial charge in [-0.1, -0.05) is 0 Å². The molecule has 0 atom stereocenters. The van der Waals surface area contributed by atoms with E-state index in [1.807, 2.05) is 6.07 Å². The van der Waals surface area contributed by atoms with E-state index in [-0.39, 0.29) is 12.5 Å². The number of aromatic nitrogens is 1. The maximum absolute atomic E-state index is 11.1. The Morgan fingerprint density at radius 3 is 2.82 bits per heavy atom. The maximum atomic E-state index is 11.1. The van der Waals surface area contributed by atoms with Crippen molar-refractivity contribution in [3.8, 4) is 11.9 Å². The van der Waals surface area contributed by atoms with Crippen molar-refractivity contribution < 1.29 is 14.3 Å². The van der Waals surface area contributed by atoms with Gasteiger partial charge < -0.3 is 9.47 Å². The Morgan fingerprint density at radius 2 is 2.24 bits per heavy atom. The molecule has 0 saturated heterocycles. The van der Waals surface area contributed by atoms with E-state index in [0.717, 1.165) is 11.3 Å². The van der Waals surface area contributed by atoms with Crippen molar-refractivity contribution in [2.45, 2.75) is 20.8 Å². The number of nitriles is 1. The van der Waals surface area contributed by atoms with Crippen LogP contribution in [0.25, 0.3) is 0 Å². The highest BCUT2D eigenvalue weighted by Gasteiger charge is 2.11. The van der Waals surface area contributed by atoms with Crippen molar-refractivity contribution in [2.75, 3.05) is 13.2 Å². The van der Waals surface area contributed by atoms with Gasteiger partial charge in [-0.15, -0.1) is 0 Å². The first-order valence-electron chi connectivity index (χ1n) is 5.25. The van der Waals surface area contributed by atoms with Gasteiger partial charge in [-0.25, -0.2) is 9.78 Å². The molecule has 90 valence electrons. The van der Waals surface area contributed by atoms with E-state index in [4.69, 9.17) is 14.7 Å². The minimum absolute atomic E-state index is 0.179. The Morgan fingerprint density at radius 1 is 1.53 bits per heavy atom. The summed E-state index contributed by atoms with van der Waals surface area (Å²) in [6.45, 7) is 5.37. The van der Waals surface area contributed by atoms with Crippen molar-refractivity contribution in [3.05, 3.63) is 22.9 Å². The molecule has 1 rings (SSSR count). The van der Waals surface area contributed by atoms with Gasteiger partial charge in [0.05, 0.1) is 6.61 Å². The van der Waals surface area contributed by atoms with Gasteiger partial charge in [0.25, 0.3) is 0 Å². The summed E-state index contributed by atoms with van der Waals surface area (Å²) in [5.74, 6) is -0.296. The van der Waals surface area contributed by atoms with Crippen molar-refractivity contribution in [2.24, 2.45) is 0 Å². The molecule has 0 aliphatic heterocycles. The van der Waals surface area contributed by atoms with Gasteiger partial charge in [-0.05, 0) is 32.4 Å². The van der Waals surface area contributed by atoms with E-state index in [0.29, 0.717) is 12.2 Å². The Hall–Kier alpha value is -2.09. The molecule has 0 saturated carbocycles. The van der Waals surface area contributed by atoms with Crippen LogP contribution in [0.4, 0.5) is 0 Å². The Bertz CT molecular complexity index is 464. The maximum Gasteiger partial charge on any atom is 0.344 e. The second-order valence-electron chi connectivity index (χ2n) is 3.47. The minimum atomic E-state index is -0.475. The van der Waals surface area contributed by atoms with Crippen molar-refractivity contribution in [1.29, 1.82) is 5.26 Å². The summed E-state index contributed by atoms with van der Waals surface area (Å²) in [7, 11) is 0. The van der Waals surface area contributed by atoms with Crippen molar-refractivity contribution in [1.82, 2.24) is 4.98 Å². The summed E-state index contributed by atoms with van der Waals surface area (Å²) >= 11 is 0. The van der Waals surface area contributed by atoms with E-state index in [1.165, 1.54) is 0 Å². The Labute approximate surface area is 100.0 Å². The van der Waals surface area contributed by atoms with Crippen LogP contribution in [0.5, 0.6) is 5.88 Å². The third-order valence-electron chi connectivity index (χ3n) is 2.06. The molecular formula is C12H14N2O3. The van der Waals surface area contributed by atoms with E-state index in [9.17, 15) is 4.79 Å². The van der Waals surface area contributed by atoms with Gasteiger partial charge in [0.15, 0.2) is 6.61 Å². The summed E-state index contributed by atoms with van der Waals surface area (Å²) in [6.07, 6.45) is 0. The fourth-order valence-electron chi connectivity index (χ4n) is 1.37. The lowest BCUT2D eigenvalue weighted by Gasteiger charge is -2.08. The second kappa shape index (κ2) is 5.85. The van der Waals surface area contributed by atoms with Crippen LogP contribution in [-0.4, -0.2) is 24.2 Å². The number of aryl methyl sites for hydroxylation is 2. The zero-order chi connectivity index (χ0) is 12.8. The van der Waals surface area contributed by atoms with Crippen LogP contribution < -0.4 is 4.74 Å². The first kappa shape index (κ1) is 13.0. The van der Waals surface area contributed by atoms with E-state index >= 15 is 0 Å². The monoisotopic (exact) mass is 234 g/mol. The third-order valence-corrected chi connectivity index (χ3v) is 2.06. The highest BCUT2D eigenvalue weighted by atomic mass is 16.6. The molecule has 1 heterocycles. The predicted octanol–water partition coefficient (Wildman–Crippen LogP) is 1.51. The minimum Gasteiger partial charge on any atom is -0.465 e. The molecule has 5 nitrogen and oxygen atoms in total. The molecule has 0 spiro atoms. The van der Waals surface area contributed by atoms with E-state index in [1.54, 1.807) is 26.8 Å². The van der Waals surface area contributed by atoms with Crippen LogP contribution in [0, 0.1) is 25.2 Å². The number of rotatable bonds is 4. The summed E-state index contributed by atoms with van der Waals surface area (Å²) in [5.41, 5.74) is 1.86. The lowest BCUT2D eigenvalue weighted by molar-refractivity contribution is -0.145. The summed E-state index contributed by atoms with van der Waals surface area (Å²) in [6, 6.07) is 3.79. The van der Waals surface area contributed by atoms with Crippen LogP contribution >= 0.6 is 0 Å². The number of carbonyl (C=O) groups is 1. The Kier molecular flexibility index (Phi) is 4.46. The molecule has 1 aromatic rings. The molecule has 0 aliphatic carbocycles. The fourth-order valence-corrected chi connectivity index (χ4v) is 1.37. The zero-order valence-corrected chi connectivity index (χ0v) is 10.1. The summed E-state index contributed by atoms with van der Waals surface area (Å²) in [4.78, 5) is 15.2. The van der Waals surface area contributed by atoms with Gasteiger partial charge in [0.1, 0.15) is 11.6 Å². The van der Waals surface area contributed by atoms with Crippen LogP contribution in [0.3, 0.4) is 0 Å². The molecule has 0 amide bonds. The first-order chi connectivity index (χ1) is 8.08. The average molecular weight is 234 g/mol. The zero-order valence-electron chi connectivity index (χ0n) is 10.1. The fraction of sp³-hybridized carbons (Fsp3) is 0.417. The molecule has 1 aromatic heterocycles. The van der Waals surface area contributed by atoms with Gasteiger partial charge in [-0.2, -0.15) is 5.26 Å². The summed E-state index contributed by atoms with van der Waals surface area (Å²) in [5, 5.41) is 8.97. The first-order valence-corrected chi connectivity index (χ1v) is 5.25. The van der Waals surface area contributed by atoms with Gasteiger partial charge in [0, 0.05) is 5.69 Å². The van der Waals surface area contributed by atoms with E-state index in [2.05, 4.69) is 4.98 Å². The van der Waals surface area contributed by atoms with Crippen molar-refractivity contribution in [3.63, 3.8) is 0 Å². The topological polar surface area (TPSA) is 72.2 Å². The van der Waals surface area contributed by atoms with Crippen LogP contribution in [0.15, 0.2) is 6.07 Å². The van der Waals surface area contributed by atoms with E-state index < -0.39 is 5.97 Å². The third kappa shape index (κ3) is 3.45. The Balaban J connectivity index is 2.84. The second-order valence-corrected chi connectivity index (χ2v) is 3.47. The quantitative estimate of drug-likeness (QED) is 0.738. The molecule has 0 bridgehead atoms. The number of esters is 1. The largest absolute Gasteiger partial charge is 0.465 e. The molecule has 0 N–H and O–H groups in total. The molecule has 0 aromatic carbocycles. The normalized spacial score (nSPS) is 9.53. The van der Waals surface area contributed by atoms with Crippen LogP contribution in [-0.2, 0) is 9.53 Å². The number of pyridine rings is 1. The summed E-state index contributed by atoms with van der Waals surface area (Å²) < 4.78 is 9.92. The molecule has 0 fully saturated rings. The number of nitrogens with zero attached hydrogens (tertiary/aromatic N) is 2. The number of ether oxygens (including phenoxy) is 2. The number of hydrogen-bond acceptors (Lipinski definition) is 5. The number of carbonyl (C=O) groups excluding carboxylic acids is 1. The SMILES string of the molecule is CCOC(=O)COc1nc(C)cc(C)c1C#N. The molecule has 0 radical (unpaired) electrons. The molecule has 5 heteroatoms. The molecule has 17 heavy (non-hydrogen) atoms. The van der Waals surface area contributed by atoms with Gasteiger partial charge in [0.2, 0.25) is 5.88 Å². The molecule has 0 unspecified atom stereocenters. The molecular weight excluding hydrogens is 220 g/mol. The highest BCUT2D eigenvalue weighted by Crippen LogP contribution is 2.19. The van der Waals surface area contributed by atoms with Gasteiger partial charge >= 0.3 is 5.97 Å².